The van der Waals surface area contributed by atoms with Crippen molar-refractivity contribution in [2.24, 2.45) is 17.3 Å². The largest absolute Gasteiger partial charge is 0.396 e. The fraction of sp³-hybridized carbons (Fsp3) is 0.600. The van der Waals surface area contributed by atoms with Gasteiger partial charge < -0.3 is 10.0 Å². The summed E-state index contributed by atoms with van der Waals surface area (Å²) in [5.41, 5.74) is 1.64. The maximum Gasteiger partial charge on any atom is 0.225 e. The molecule has 0 bridgehead atoms. The van der Waals surface area contributed by atoms with E-state index in [1.165, 1.54) is 0 Å². The molecule has 2 aliphatic heterocycles. The van der Waals surface area contributed by atoms with Gasteiger partial charge in [-0.2, -0.15) is 5.26 Å². The van der Waals surface area contributed by atoms with E-state index < -0.39 is 0 Å². The fourth-order valence-electron chi connectivity index (χ4n) is 4.59. The predicted octanol–water partition coefficient (Wildman–Crippen LogP) is 1.61. The summed E-state index contributed by atoms with van der Waals surface area (Å²) in [7, 11) is 0. The van der Waals surface area contributed by atoms with Crippen LogP contribution >= 0.6 is 0 Å². The Morgan fingerprint density at radius 2 is 2.16 bits per heavy atom. The second-order valence-electron chi connectivity index (χ2n) is 8.02. The Balaban J connectivity index is 1.46. The molecule has 5 heteroatoms. The van der Waals surface area contributed by atoms with Crippen molar-refractivity contribution in [1.82, 2.24) is 9.80 Å². The van der Waals surface area contributed by atoms with Crippen molar-refractivity contribution in [3.05, 3.63) is 35.4 Å². The second kappa shape index (κ2) is 6.44. The number of likely N-dealkylation sites (tertiary alicyclic amines) is 2. The molecule has 5 nitrogen and oxygen atoms in total. The van der Waals surface area contributed by atoms with Crippen molar-refractivity contribution >= 4 is 5.91 Å². The van der Waals surface area contributed by atoms with Crippen molar-refractivity contribution in [3.8, 4) is 6.07 Å². The number of carbonyl (C=O) groups excluding carboxylic acids is 1. The number of piperidine rings is 1. The van der Waals surface area contributed by atoms with Crippen LogP contribution < -0.4 is 0 Å². The molecule has 3 aliphatic rings. The summed E-state index contributed by atoms with van der Waals surface area (Å²) in [5, 5.41) is 19.2. The number of fused-ring (bicyclic) bond motifs is 1. The van der Waals surface area contributed by atoms with Gasteiger partial charge in [-0.15, -0.1) is 0 Å². The van der Waals surface area contributed by atoms with E-state index in [0.717, 1.165) is 51.0 Å². The molecule has 1 aromatic carbocycles. The molecule has 3 fully saturated rings. The Bertz CT molecular complexity index is 709. The lowest BCUT2D eigenvalue weighted by Gasteiger charge is -2.43. The van der Waals surface area contributed by atoms with E-state index in [-0.39, 0.29) is 17.9 Å². The first-order valence-electron chi connectivity index (χ1n) is 9.24. The summed E-state index contributed by atoms with van der Waals surface area (Å²) in [4.78, 5) is 16.8. The van der Waals surface area contributed by atoms with Gasteiger partial charge >= 0.3 is 0 Å². The van der Waals surface area contributed by atoms with Gasteiger partial charge in [0.1, 0.15) is 0 Å². The number of hydrogen-bond acceptors (Lipinski definition) is 4. The first-order valence-corrected chi connectivity index (χ1v) is 9.24. The van der Waals surface area contributed by atoms with Crippen LogP contribution in [-0.4, -0.2) is 53.6 Å². The molecule has 2 heterocycles. The highest BCUT2D eigenvalue weighted by Gasteiger charge is 2.51. The van der Waals surface area contributed by atoms with Gasteiger partial charge in [0, 0.05) is 37.5 Å². The smallest absolute Gasteiger partial charge is 0.225 e. The van der Waals surface area contributed by atoms with Crippen LogP contribution in [0.3, 0.4) is 0 Å². The molecule has 132 valence electrons. The maximum atomic E-state index is 12.5. The van der Waals surface area contributed by atoms with Gasteiger partial charge in [-0.25, -0.2) is 0 Å². The average molecular weight is 339 g/mol. The minimum Gasteiger partial charge on any atom is -0.396 e. The van der Waals surface area contributed by atoms with Crippen LogP contribution in [0.15, 0.2) is 24.3 Å². The Kier molecular flexibility index (Phi) is 4.26. The zero-order valence-electron chi connectivity index (χ0n) is 14.5. The number of nitrogens with zero attached hydrogens (tertiary/aromatic N) is 3. The van der Waals surface area contributed by atoms with E-state index in [2.05, 4.69) is 17.0 Å². The van der Waals surface area contributed by atoms with Crippen molar-refractivity contribution in [2.45, 2.75) is 25.8 Å². The van der Waals surface area contributed by atoms with Gasteiger partial charge in [-0.05, 0) is 49.4 Å². The quantitative estimate of drug-likeness (QED) is 0.905. The van der Waals surface area contributed by atoms with Crippen LogP contribution in [0.25, 0.3) is 0 Å². The van der Waals surface area contributed by atoms with Crippen molar-refractivity contribution in [3.63, 3.8) is 0 Å². The van der Waals surface area contributed by atoms with E-state index >= 15 is 0 Å². The van der Waals surface area contributed by atoms with Crippen LogP contribution in [-0.2, 0) is 11.3 Å². The molecule has 1 N–H and O–H groups in total. The van der Waals surface area contributed by atoms with E-state index in [4.69, 9.17) is 5.26 Å². The lowest BCUT2D eigenvalue weighted by Crippen LogP contribution is -2.50. The first-order chi connectivity index (χ1) is 12.1. The third-order valence-corrected chi connectivity index (χ3v) is 6.16. The molecule has 1 amide bonds. The fourth-order valence-corrected chi connectivity index (χ4v) is 4.59. The van der Waals surface area contributed by atoms with Gasteiger partial charge in [0.25, 0.3) is 0 Å². The van der Waals surface area contributed by atoms with E-state index in [0.29, 0.717) is 23.9 Å². The number of rotatable bonds is 4. The number of nitriles is 1. The standard InChI is InChI=1S/C20H25N3O2/c21-9-15-2-1-3-16(8-15)10-22-7-6-18-11-23(19(25)17-4-5-17)13-20(18,12-22)14-24/h1-3,8,17-18,24H,4-7,10-14H2/t18-,20+/m0/s1. The monoisotopic (exact) mass is 339 g/mol. The zero-order valence-corrected chi connectivity index (χ0v) is 14.5. The molecule has 2 saturated heterocycles. The Morgan fingerprint density at radius 3 is 2.88 bits per heavy atom. The number of amides is 1. The van der Waals surface area contributed by atoms with Gasteiger partial charge in [0.05, 0.1) is 18.2 Å². The highest BCUT2D eigenvalue weighted by molar-refractivity contribution is 5.81. The minimum atomic E-state index is -0.185. The van der Waals surface area contributed by atoms with Crippen LogP contribution in [0.4, 0.5) is 0 Å². The molecular formula is C20H25N3O2. The Morgan fingerprint density at radius 1 is 1.32 bits per heavy atom. The molecule has 1 aromatic rings. The third-order valence-electron chi connectivity index (χ3n) is 6.16. The molecule has 0 aromatic heterocycles. The number of benzene rings is 1. The number of aliphatic hydroxyl groups is 1. The highest BCUT2D eigenvalue weighted by atomic mass is 16.3. The molecule has 0 unspecified atom stereocenters. The van der Waals surface area contributed by atoms with Crippen molar-refractivity contribution in [2.75, 3.05) is 32.8 Å². The van der Waals surface area contributed by atoms with Gasteiger partial charge in [-0.3, -0.25) is 9.69 Å². The molecule has 0 radical (unpaired) electrons. The van der Waals surface area contributed by atoms with Crippen LogP contribution in [0.2, 0.25) is 0 Å². The summed E-state index contributed by atoms with van der Waals surface area (Å²) < 4.78 is 0. The van der Waals surface area contributed by atoms with Crippen molar-refractivity contribution < 1.29 is 9.90 Å². The van der Waals surface area contributed by atoms with Crippen LogP contribution in [0.1, 0.15) is 30.4 Å². The van der Waals surface area contributed by atoms with Crippen molar-refractivity contribution in [1.29, 1.82) is 5.26 Å². The van der Waals surface area contributed by atoms with Gasteiger partial charge in [0.15, 0.2) is 0 Å². The van der Waals surface area contributed by atoms with E-state index in [1.807, 2.05) is 23.1 Å². The molecule has 25 heavy (non-hydrogen) atoms. The normalized spacial score (nSPS) is 29.3. The second-order valence-corrected chi connectivity index (χ2v) is 8.02. The van der Waals surface area contributed by atoms with Crippen LogP contribution in [0, 0.1) is 28.6 Å². The average Bonchev–Trinajstić information content (AvgIpc) is 3.41. The number of aliphatic hydroxyl groups excluding tert-OH is 1. The van der Waals surface area contributed by atoms with E-state index in [9.17, 15) is 9.90 Å². The molecule has 1 saturated carbocycles. The summed E-state index contributed by atoms with van der Waals surface area (Å²) in [5.74, 6) is 0.957. The number of hydrogen-bond donors (Lipinski definition) is 1. The molecular weight excluding hydrogens is 314 g/mol. The summed E-state index contributed by atoms with van der Waals surface area (Å²) in [6.07, 6.45) is 3.09. The molecule has 2 atom stereocenters. The minimum absolute atomic E-state index is 0.140. The summed E-state index contributed by atoms with van der Waals surface area (Å²) >= 11 is 0. The zero-order chi connectivity index (χ0) is 17.4. The van der Waals surface area contributed by atoms with Gasteiger partial charge in [-0.1, -0.05) is 12.1 Å². The summed E-state index contributed by atoms with van der Waals surface area (Å²) in [6.45, 7) is 4.24. The van der Waals surface area contributed by atoms with Gasteiger partial charge in [0.2, 0.25) is 5.91 Å². The predicted molar refractivity (Wildman–Crippen MR) is 93.4 cm³/mol. The molecule has 0 spiro atoms. The van der Waals surface area contributed by atoms with E-state index in [1.54, 1.807) is 0 Å². The SMILES string of the molecule is N#Cc1cccc(CN2CC[C@H]3CN(C(=O)C4CC4)C[C@@]3(CO)C2)c1. The highest BCUT2D eigenvalue weighted by Crippen LogP contribution is 2.44. The Hall–Kier alpha value is -1.90. The lowest BCUT2D eigenvalue weighted by atomic mass is 9.74. The third kappa shape index (κ3) is 3.17. The molecule has 1 aliphatic carbocycles. The maximum absolute atomic E-state index is 12.5. The first kappa shape index (κ1) is 16.6. The number of carbonyl (C=O) groups is 1. The molecule has 4 rings (SSSR count). The topological polar surface area (TPSA) is 67.6 Å². The lowest BCUT2D eigenvalue weighted by molar-refractivity contribution is -0.132. The summed E-state index contributed by atoms with van der Waals surface area (Å²) in [6, 6.07) is 9.93. The van der Waals surface area contributed by atoms with Crippen LogP contribution in [0.5, 0.6) is 0 Å². The Labute approximate surface area is 148 Å².